The van der Waals surface area contributed by atoms with Crippen LogP contribution in [0.1, 0.15) is 44.2 Å². The van der Waals surface area contributed by atoms with Crippen LogP contribution in [-0.2, 0) is 5.41 Å². The van der Waals surface area contributed by atoms with Crippen molar-refractivity contribution in [3.8, 4) is 22.3 Å². The molecule has 2 bridgehead atoms. The van der Waals surface area contributed by atoms with Crippen LogP contribution in [0.3, 0.4) is 0 Å². The second kappa shape index (κ2) is 6.99. The summed E-state index contributed by atoms with van der Waals surface area (Å²) >= 11 is 13.5. The van der Waals surface area contributed by atoms with Crippen LogP contribution in [-0.4, -0.2) is 0 Å². The van der Waals surface area contributed by atoms with Crippen LogP contribution in [0.5, 0.6) is 0 Å². The van der Waals surface area contributed by atoms with Crippen LogP contribution in [0.4, 0.5) is 0 Å². The van der Waals surface area contributed by atoms with Crippen LogP contribution in [0.25, 0.3) is 22.3 Å². The van der Waals surface area contributed by atoms with E-state index in [0.29, 0.717) is 11.8 Å². The van der Waals surface area contributed by atoms with Gasteiger partial charge < -0.3 is 0 Å². The van der Waals surface area contributed by atoms with Crippen molar-refractivity contribution >= 4 is 23.2 Å². The summed E-state index contributed by atoms with van der Waals surface area (Å²) < 4.78 is 0. The molecular formula is C29H26Cl2. The number of halogens is 2. The fourth-order valence-electron chi connectivity index (χ4n) is 6.89. The average Bonchev–Trinajstić information content (AvgIpc) is 3.03. The van der Waals surface area contributed by atoms with Crippen LogP contribution in [0.15, 0.2) is 72.3 Å². The van der Waals surface area contributed by atoms with Crippen LogP contribution in [0.2, 0.25) is 10.0 Å². The van der Waals surface area contributed by atoms with Crippen molar-refractivity contribution in [1.29, 1.82) is 0 Å². The van der Waals surface area contributed by atoms with E-state index in [1.807, 2.05) is 6.07 Å². The molecule has 0 heterocycles. The summed E-state index contributed by atoms with van der Waals surface area (Å²) in [6.45, 7) is 4.77. The molecule has 6 rings (SSSR count). The highest BCUT2D eigenvalue weighted by molar-refractivity contribution is 6.37. The Balaban J connectivity index is 1.75. The second-order valence-electron chi connectivity index (χ2n) is 9.87. The maximum absolute atomic E-state index is 6.90. The molecule has 4 unspecified atom stereocenters. The molecular weight excluding hydrogens is 419 g/mol. The number of fused-ring (bicyclic) bond motifs is 8. The van der Waals surface area contributed by atoms with Gasteiger partial charge in [0.2, 0.25) is 0 Å². The Morgan fingerprint density at radius 1 is 0.871 bits per heavy atom. The Morgan fingerprint density at radius 3 is 2.45 bits per heavy atom. The van der Waals surface area contributed by atoms with Gasteiger partial charge in [0, 0.05) is 16.0 Å². The molecule has 3 aromatic carbocycles. The lowest BCUT2D eigenvalue weighted by Crippen LogP contribution is -2.42. The molecule has 0 aliphatic heterocycles. The summed E-state index contributed by atoms with van der Waals surface area (Å²) in [5, 5.41) is 1.50. The monoisotopic (exact) mass is 444 g/mol. The van der Waals surface area contributed by atoms with Crippen molar-refractivity contribution < 1.29 is 0 Å². The third-order valence-corrected chi connectivity index (χ3v) is 8.54. The molecule has 0 nitrogen and oxygen atoms in total. The van der Waals surface area contributed by atoms with Crippen molar-refractivity contribution in [2.75, 3.05) is 0 Å². The molecule has 31 heavy (non-hydrogen) atoms. The summed E-state index contributed by atoms with van der Waals surface area (Å²) in [4.78, 5) is 0. The van der Waals surface area contributed by atoms with Gasteiger partial charge in [-0.1, -0.05) is 90.3 Å². The molecule has 0 radical (unpaired) electrons. The van der Waals surface area contributed by atoms with Crippen molar-refractivity contribution in [1.82, 2.24) is 0 Å². The van der Waals surface area contributed by atoms with E-state index in [1.165, 1.54) is 58.2 Å². The van der Waals surface area contributed by atoms with Crippen LogP contribution in [0, 0.1) is 17.8 Å². The number of hydrogen-bond donors (Lipinski definition) is 0. The van der Waals surface area contributed by atoms with Crippen molar-refractivity contribution in [2.45, 2.75) is 38.5 Å². The van der Waals surface area contributed by atoms with Gasteiger partial charge in [-0.2, -0.15) is 0 Å². The Kier molecular flexibility index (Phi) is 4.43. The first-order valence-corrected chi connectivity index (χ1v) is 12.1. The van der Waals surface area contributed by atoms with Gasteiger partial charge in [0.1, 0.15) is 0 Å². The maximum atomic E-state index is 6.90. The molecule has 2 heteroatoms. The lowest BCUT2D eigenvalue weighted by molar-refractivity contribution is 0.168. The zero-order valence-electron chi connectivity index (χ0n) is 18.0. The van der Waals surface area contributed by atoms with Crippen LogP contribution < -0.4 is 0 Å². The van der Waals surface area contributed by atoms with Crippen molar-refractivity contribution in [3.05, 3.63) is 93.5 Å². The van der Waals surface area contributed by atoms with Crippen molar-refractivity contribution in [2.24, 2.45) is 17.8 Å². The fourth-order valence-corrected chi connectivity index (χ4v) is 7.48. The van der Waals surface area contributed by atoms with E-state index < -0.39 is 0 Å². The predicted molar refractivity (Wildman–Crippen MR) is 132 cm³/mol. The van der Waals surface area contributed by atoms with E-state index in [-0.39, 0.29) is 5.41 Å². The standard InChI is InChI=1S/C29H26Cl2/c1-17-11-20-13-21(12-17)29(16-18(20)2)25-14-22(30)15-26(31)27(25)24-10-6-9-23(28(24)29)19-7-4-3-5-8-19/h3-10,14-17,20-21H,11-13H2,1-2H3. The lowest BCUT2D eigenvalue weighted by Gasteiger charge is -2.49. The van der Waals surface area contributed by atoms with Gasteiger partial charge in [0.05, 0.1) is 5.02 Å². The number of hydrogen-bond acceptors (Lipinski definition) is 0. The van der Waals surface area contributed by atoms with Gasteiger partial charge >= 0.3 is 0 Å². The number of benzene rings is 3. The molecule has 156 valence electrons. The third-order valence-electron chi connectivity index (χ3n) is 8.02. The summed E-state index contributed by atoms with van der Waals surface area (Å²) in [7, 11) is 0. The highest BCUT2D eigenvalue weighted by Gasteiger charge is 2.53. The molecule has 1 saturated carbocycles. The SMILES string of the molecule is CC1=CC2(c3cc(Cl)cc(Cl)c3-c3cccc(-c4ccccc4)c32)C2CC(C)CC1C2. The zero-order chi connectivity index (χ0) is 21.3. The van der Waals surface area contributed by atoms with Gasteiger partial charge in [-0.05, 0) is 83.9 Å². The fraction of sp³-hybridized carbons (Fsp3) is 0.310. The Hall–Kier alpha value is -2.02. The zero-order valence-corrected chi connectivity index (χ0v) is 19.5. The largest absolute Gasteiger partial charge is 0.0843 e. The quantitative estimate of drug-likeness (QED) is 0.328. The number of rotatable bonds is 1. The summed E-state index contributed by atoms with van der Waals surface area (Å²) in [5.41, 5.74) is 9.14. The molecule has 0 N–H and O–H groups in total. The van der Waals surface area contributed by atoms with Gasteiger partial charge in [-0.25, -0.2) is 0 Å². The smallest absolute Gasteiger partial charge is 0.0502 e. The first-order chi connectivity index (χ1) is 15.0. The van der Waals surface area contributed by atoms with Gasteiger partial charge in [-0.15, -0.1) is 0 Å². The summed E-state index contributed by atoms with van der Waals surface area (Å²) in [6.07, 6.45) is 6.40. The maximum Gasteiger partial charge on any atom is 0.0502 e. The van der Waals surface area contributed by atoms with E-state index in [1.54, 1.807) is 0 Å². The predicted octanol–water partition coefficient (Wildman–Crippen LogP) is 8.94. The second-order valence-corrected chi connectivity index (χ2v) is 10.7. The average molecular weight is 445 g/mol. The highest BCUT2D eigenvalue weighted by atomic mass is 35.5. The molecule has 3 aliphatic rings. The van der Waals surface area contributed by atoms with Gasteiger partial charge in [-0.3, -0.25) is 0 Å². The first kappa shape index (κ1) is 19.6. The van der Waals surface area contributed by atoms with Crippen molar-refractivity contribution in [3.63, 3.8) is 0 Å². The Morgan fingerprint density at radius 2 is 1.65 bits per heavy atom. The van der Waals surface area contributed by atoms with Gasteiger partial charge in [0.15, 0.2) is 0 Å². The third kappa shape index (κ3) is 2.74. The van der Waals surface area contributed by atoms with E-state index in [2.05, 4.69) is 74.5 Å². The Labute approximate surface area is 194 Å². The van der Waals surface area contributed by atoms with Gasteiger partial charge in [0.25, 0.3) is 0 Å². The minimum atomic E-state index is -0.166. The minimum Gasteiger partial charge on any atom is -0.0843 e. The normalized spacial score (nSPS) is 28.3. The molecule has 0 saturated heterocycles. The summed E-state index contributed by atoms with van der Waals surface area (Å²) in [6, 6.07) is 21.6. The molecule has 0 aromatic heterocycles. The molecule has 4 atom stereocenters. The topological polar surface area (TPSA) is 0 Å². The highest BCUT2D eigenvalue weighted by Crippen LogP contribution is 2.64. The lowest BCUT2D eigenvalue weighted by atomic mass is 9.54. The summed E-state index contributed by atoms with van der Waals surface area (Å²) in [5.74, 6) is 1.99. The first-order valence-electron chi connectivity index (χ1n) is 11.4. The molecule has 0 amide bonds. The number of allylic oxidation sites excluding steroid dienone is 2. The molecule has 3 aliphatic carbocycles. The van der Waals surface area contributed by atoms with E-state index in [0.717, 1.165) is 16.0 Å². The molecule has 1 fully saturated rings. The van der Waals surface area contributed by atoms with E-state index in [4.69, 9.17) is 23.2 Å². The molecule has 3 aromatic rings. The minimum absolute atomic E-state index is 0.166. The van der Waals surface area contributed by atoms with E-state index in [9.17, 15) is 0 Å². The van der Waals surface area contributed by atoms with E-state index >= 15 is 0 Å². The van der Waals surface area contributed by atoms with Crippen LogP contribution >= 0.6 is 23.2 Å². The molecule has 1 spiro atoms. The Bertz CT molecular complexity index is 1220.